The van der Waals surface area contributed by atoms with Crippen LogP contribution >= 0.6 is 0 Å². The van der Waals surface area contributed by atoms with Crippen molar-refractivity contribution in [3.8, 4) is 0 Å². The molecule has 0 N–H and O–H groups in total. The van der Waals surface area contributed by atoms with Crippen molar-refractivity contribution in [3.05, 3.63) is 12.2 Å². The molecule has 1 aliphatic rings. The quantitative estimate of drug-likeness (QED) is 0.647. The van der Waals surface area contributed by atoms with Crippen LogP contribution in [0.2, 0.25) is 0 Å². The van der Waals surface area contributed by atoms with Crippen molar-refractivity contribution in [1.29, 1.82) is 0 Å². The molecule has 1 aromatic heterocycles. The maximum absolute atomic E-state index is 11.6. The predicted molar refractivity (Wildman–Crippen MR) is 47.2 cm³/mol. The first-order valence-electron chi connectivity index (χ1n) is 4.65. The minimum atomic E-state index is 0.00116. The van der Waals surface area contributed by atoms with Crippen molar-refractivity contribution in [2.24, 2.45) is 7.05 Å². The highest BCUT2D eigenvalue weighted by molar-refractivity contribution is 5.85. The Morgan fingerprint density at radius 2 is 2.38 bits per heavy atom. The average molecular weight is 179 g/mol. The van der Waals surface area contributed by atoms with Gasteiger partial charge in [0.1, 0.15) is 17.9 Å². The van der Waals surface area contributed by atoms with E-state index in [0.717, 1.165) is 25.1 Å². The minimum absolute atomic E-state index is 0.00116. The van der Waals surface area contributed by atoms with Crippen molar-refractivity contribution in [2.75, 3.05) is 0 Å². The molecule has 4 nitrogen and oxygen atoms in total. The molecule has 1 aliphatic carbocycles. The molecular formula is C9H13N3O. The Labute approximate surface area is 77.0 Å². The van der Waals surface area contributed by atoms with Gasteiger partial charge in [0, 0.05) is 13.5 Å². The van der Waals surface area contributed by atoms with E-state index in [4.69, 9.17) is 0 Å². The van der Waals surface area contributed by atoms with Crippen LogP contribution in [0.15, 0.2) is 6.33 Å². The summed E-state index contributed by atoms with van der Waals surface area (Å²) in [7, 11) is 1.89. The molecule has 0 spiro atoms. The van der Waals surface area contributed by atoms with Gasteiger partial charge in [0.05, 0.1) is 5.92 Å². The summed E-state index contributed by atoms with van der Waals surface area (Å²) in [6.07, 6.45) is 5.45. The highest BCUT2D eigenvalue weighted by Gasteiger charge is 2.27. The monoisotopic (exact) mass is 179 g/mol. The number of carbonyl (C=O) groups is 1. The van der Waals surface area contributed by atoms with Crippen LogP contribution in [0.25, 0.3) is 0 Å². The number of aromatic nitrogens is 3. The summed E-state index contributed by atoms with van der Waals surface area (Å²) >= 11 is 0. The second-order valence-electron chi connectivity index (χ2n) is 3.56. The molecule has 0 saturated heterocycles. The topological polar surface area (TPSA) is 47.8 Å². The molecule has 1 heterocycles. The maximum atomic E-state index is 11.6. The largest absolute Gasteiger partial charge is 0.320 e. The summed E-state index contributed by atoms with van der Waals surface area (Å²) in [5, 5.41) is 7.77. The Kier molecular flexibility index (Phi) is 2.12. The number of carbonyl (C=O) groups excluding carboxylic acids is 1. The number of ketones is 1. The number of Topliss-reactive ketones (excluding diaryl/α,β-unsaturated/α-hetero) is 1. The standard InChI is InChI=1S/C9H13N3O/c1-12-6-10-11-9(12)7-4-2-3-5-8(7)13/h6-7H,2-5H2,1H3. The van der Waals surface area contributed by atoms with Gasteiger partial charge >= 0.3 is 0 Å². The fourth-order valence-electron chi connectivity index (χ4n) is 1.86. The molecule has 0 bridgehead atoms. The van der Waals surface area contributed by atoms with Crippen molar-refractivity contribution in [2.45, 2.75) is 31.6 Å². The van der Waals surface area contributed by atoms with Crippen LogP contribution in [0, 0.1) is 0 Å². The average Bonchev–Trinajstić information content (AvgIpc) is 2.52. The number of aryl methyl sites for hydroxylation is 1. The number of rotatable bonds is 1. The molecule has 0 aliphatic heterocycles. The second kappa shape index (κ2) is 3.28. The molecule has 1 atom stereocenters. The van der Waals surface area contributed by atoms with Crippen LogP contribution in [-0.2, 0) is 11.8 Å². The lowest BCUT2D eigenvalue weighted by Gasteiger charge is -2.18. The fourth-order valence-corrected chi connectivity index (χ4v) is 1.86. The third-order valence-corrected chi connectivity index (χ3v) is 2.61. The van der Waals surface area contributed by atoms with Gasteiger partial charge in [-0.2, -0.15) is 0 Å². The Morgan fingerprint density at radius 3 is 3.00 bits per heavy atom. The van der Waals surface area contributed by atoms with Gasteiger partial charge in [-0.3, -0.25) is 4.79 Å². The molecular weight excluding hydrogens is 166 g/mol. The lowest BCUT2D eigenvalue weighted by Crippen LogP contribution is -2.20. The van der Waals surface area contributed by atoms with Crippen molar-refractivity contribution >= 4 is 5.78 Å². The molecule has 13 heavy (non-hydrogen) atoms. The van der Waals surface area contributed by atoms with Gasteiger partial charge in [0.2, 0.25) is 0 Å². The zero-order valence-electron chi connectivity index (χ0n) is 7.73. The van der Waals surface area contributed by atoms with E-state index >= 15 is 0 Å². The lowest BCUT2D eigenvalue weighted by molar-refractivity contribution is -0.122. The van der Waals surface area contributed by atoms with E-state index in [1.165, 1.54) is 0 Å². The van der Waals surface area contributed by atoms with E-state index in [1.54, 1.807) is 6.33 Å². The highest BCUT2D eigenvalue weighted by Crippen LogP contribution is 2.27. The normalized spacial score (nSPS) is 23.5. The number of nitrogens with zero attached hydrogens (tertiary/aromatic N) is 3. The fraction of sp³-hybridized carbons (Fsp3) is 0.667. The predicted octanol–water partition coefficient (Wildman–Crippen LogP) is 1.04. The molecule has 70 valence electrons. The van der Waals surface area contributed by atoms with E-state index in [9.17, 15) is 4.79 Å². The SMILES string of the molecule is Cn1cnnc1C1CCCCC1=O. The Bertz CT molecular complexity index is 318. The first-order chi connectivity index (χ1) is 6.29. The molecule has 0 amide bonds. The van der Waals surface area contributed by atoms with Crippen molar-refractivity contribution < 1.29 is 4.79 Å². The molecule has 1 unspecified atom stereocenters. The summed E-state index contributed by atoms with van der Waals surface area (Å²) < 4.78 is 1.84. The zero-order valence-corrected chi connectivity index (χ0v) is 7.73. The van der Waals surface area contributed by atoms with Gasteiger partial charge in [-0.1, -0.05) is 6.42 Å². The van der Waals surface area contributed by atoms with E-state index < -0.39 is 0 Å². The Morgan fingerprint density at radius 1 is 1.54 bits per heavy atom. The Hall–Kier alpha value is -1.19. The highest BCUT2D eigenvalue weighted by atomic mass is 16.1. The van der Waals surface area contributed by atoms with Crippen LogP contribution in [0.1, 0.15) is 37.4 Å². The minimum Gasteiger partial charge on any atom is -0.320 e. The molecule has 2 rings (SSSR count). The van der Waals surface area contributed by atoms with Gasteiger partial charge in [-0.25, -0.2) is 0 Å². The third kappa shape index (κ3) is 1.48. The van der Waals surface area contributed by atoms with Crippen molar-refractivity contribution in [3.63, 3.8) is 0 Å². The molecule has 0 aromatic carbocycles. The van der Waals surface area contributed by atoms with Gasteiger partial charge in [-0.05, 0) is 12.8 Å². The summed E-state index contributed by atoms with van der Waals surface area (Å²) in [5.41, 5.74) is 0. The summed E-state index contributed by atoms with van der Waals surface area (Å²) in [4.78, 5) is 11.6. The first kappa shape index (κ1) is 8.41. The van der Waals surface area contributed by atoms with Gasteiger partial charge in [0.25, 0.3) is 0 Å². The van der Waals surface area contributed by atoms with Crippen LogP contribution in [0.5, 0.6) is 0 Å². The smallest absolute Gasteiger partial charge is 0.143 e. The van der Waals surface area contributed by atoms with Crippen LogP contribution in [0.3, 0.4) is 0 Å². The van der Waals surface area contributed by atoms with E-state index in [-0.39, 0.29) is 5.92 Å². The van der Waals surface area contributed by atoms with Gasteiger partial charge in [-0.15, -0.1) is 10.2 Å². The van der Waals surface area contributed by atoms with Crippen LogP contribution in [0.4, 0.5) is 0 Å². The summed E-state index contributed by atoms with van der Waals surface area (Å²) in [5.74, 6) is 1.15. The van der Waals surface area contributed by atoms with Crippen LogP contribution < -0.4 is 0 Å². The molecule has 0 radical (unpaired) electrons. The molecule has 1 saturated carbocycles. The Balaban J connectivity index is 2.24. The van der Waals surface area contributed by atoms with E-state index in [2.05, 4.69) is 10.2 Å². The van der Waals surface area contributed by atoms with Gasteiger partial charge in [0.15, 0.2) is 0 Å². The zero-order chi connectivity index (χ0) is 9.26. The molecule has 1 fully saturated rings. The summed E-state index contributed by atoms with van der Waals surface area (Å²) in [6.45, 7) is 0. The van der Waals surface area contributed by atoms with E-state index in [0.29, 0.717) is 12.2 Å². The maximum Gasteiger partial charge on any atom is 0.143 e. The first-order valence-corrected chi connectivity index (χ1v) is 4.65. The second-order valence-corrected chi connectivity index (χ2v) is 3.56. The lowest BCUT2D eigenvalue weighted by atomic mass is 9.87. The van der Waals surface area contributed by atoms with Crippen LogP contribution in [-0.4, -0.2) is 20.5 Å². The van der Waals surface area contributed by atoms with Crippen molar-refractivity contribution in [1.82, 2.24) is 14.8 Å². The van der Waals surface area contributed by atoms with E-state index in [1.807, 2.05) is 11.6 Å². The molecule has 1 aromatic rings. The number of hydrogen-bond donors (Lipinski definition) is 0. The number of hydrogen-bond acceptors (Lipinski definition) is 3. The molecule has 4 heteroatoms. The third-order valence-electron chi connectivity index (χ3n) is 2.61. The van der Waals surface area contributed by atoms with Gasteiger partial charge < -0.3 is 4.57 Å². The summed E-state index contributed by atoms with van der Waals surface area (Å²) in [6, 6.07) is 0.